The maximum atomic E-state index is 12.8. The molecule has 0 radical (unpaired) electrons. The highest BCUT2D eigenvalue weighted by molar-refractivity contribution is 6.30. The summed E-state index contributed by atoms with van der Waals surface area (Å²) < 4.78 is 1.97. The first-order valence-electron chi connectivity index (χ1n) is 12.3. The van der Waals surface area contributed by atoms with E-state index in [4.69, 9.17) is 16.6 Å². The molecule has 2 saturated carbocycles. The average Bonchev–Trinajstić information content (AvgIpc) is 3.79. The Labute approximate surface area is 218 Å². The van der Waals surface area contributed by atoms with E-state index in [0.717, 1.165) is 17.7 Å². The lowest BCUT2D eigenvalue weighted by molar-refractivity contribution is -0.117. The van der Waals surface area contributed by atoms with Crippen LogP contribution in [0.1, 0.15) is 54.8 Å². The van der Waals surface area contributed by atoms with E-state index in [1.807, 2.05) is 40.9 Å². The molecule has 1 aromatic carbocycles. The molecular weight excluding hydrogens is 490 g/mol. The molecule has 9 nitrogen and oxygen atoms in total. The number of rotatable bonds is 8. The molecule has 10 heteroatoms. The number of imidazole rings is 1. The van der Waals surface area contributed by atoms with Crippen molar-refractivity contribution in [3.05, 3.63) is 77.0 Å². The summed E-state index contributed by atoms with van der Waals surface area (Å²) in [4.78, 5) is 37.7. The second-order valence-corrected chi connectivity index (χ2v) is 10.2. The van der Waals surface area contributed by atoms with Crippen LogP contribution in [0.15, 0.2) is 55.1 Å². The molecule has 6 rings (SSSR count). The van der Waals surface area contributed by atoms with Gasteiger partial charge in [-0.3, -0.25) is 9.59 Å². The lowest BCUT2D eigenvalue weighted by Gasteiger charge is -2.07. The molecule has 0 spiro atoms. The smallest absolute Gasteiger partial charge is 0.229 e. The van der Waals surface area contributed by atoms with E-state index in [0.29, 0.717) is 40.5 Å². The summed E-state index contributed by atoms with van der Waals surface area (Å²) in [5.74, 6) is 1.45. The third-order valence-corrected chi connectivity index (χ3v) is 6.99. The van der Waals surface area contributed by atoms with Gasteiger partial charge in [0.05, 0.1) is 17.9 Å². The molecule has 0 bridgehead atoms. The Hall–Kier alpha value is -3.98. The van der Waals surface area contributed by atoms with Gasteiger partial charge in [0.1, 0.15) is 18.0 Å². The van der Waals surface area contributed by atoms with E-state index in [1.165, 1.54) is 31.7 Å². The number of nitrogens with zero attached hydrogens (tertiary/aromatic N) is 4. The number of hydrogen-bond acceptors (Lipinski definition) is 6. The zero-order valence-electron chi connectivity index (χ0n) is 20.2. The van der Waals surface area contributed by atoms with Crippen molar-refractivity contribution >= 4 is 46.4 Å². The van der Waals surface area contributed by atoms with Gasteiger partial charge in [-0.2, -0.15) is 0 Å². The standard InChI is InChI=1S/C27H26ClN7O2/c1-15(36)32-23-8-18(16-5-6-16)12-35-13-20(33-26(23)35)11-29-24-10-25(31-14-30-24)34-27(37)22-9-21(22)17-3-2-4-19(28)7-17/h2-4,7-8,10,12-14,16,21-22H,5-6,9,11H2,1H3,(H,32,36)(H2,29,30,31,34,37). The minimum absolute atomic E-state index is 0.0630. The Kier molecular flexibility index (Phi) is 6.00. The summed E-state index contributed by atoms with van der Waals surface area (Å²) in [6.45, 7) is 1.92. The predicted molar refractivity (Wildman–Crippen MR) is 142 cm³/mol. The highest BCUT2D eigenvalue weighted by Crippen LogP contribution is 2.48. The largest absolute Gasteiger partial charge is 0.364 e. The van der Waals surface area contributed by atoms with Crippen LogP contribution < -0.4 is 16.0 Å². The van der Waals surface area contributed by atoms with Gasteiger partial charge in [0.2, 0.25) is 11.8 Å². The lowest BCUT2D eigenvalue weighted by Crippen LogP contribution is -2.16. The van der Waals surface area contributed by atoms with Gasteiger partial charge < -0.3 is 20.4 Å². The number of hydrogen-bond donors (Lipinski definition) is 3. The Balaban J connectivity index is 1.11. The number of pyridine rings is 1. The van der Waals surface area contributed by atoms with Crippen molar-refractivity contribution in [2.75, 3.05) is 16.0 Å². The quantitative estimate of drug-likeness (QED) is 0.305. The van der Waals surface area contributed by atoms with Crippen molar-refractivity contribution in [1.29, 1.82) is 0 Å². The van der Waals surface area contributed by atoms with Crippen LogP contribution in [0.3, 0.4) is 0 Å². The summed E-state index contributed by atoms with van der Waals surface area (Å²) in [5, 5.41) is 9.73. The minimum Gasteiger partial charge on any atom is -0.364 e. The molecule has 3 aromatic heterocycles. The van der Waals surface area contributed by atoms with Crippen LogP contribution in [0.2, 0.25) is 5.02 Å². The molecule has 2 fully saturated rings. The van der Waals surface area contributed by atoms with Gasteiger partial charge in [-0.25, -0.2) is 15.0 Å². The predicted octanol–water partition coefficient (Wildman–Crippen LogP) is 4.97. The monoisotopic (exact) mass is 515 g/mol. The molecule has 3 heterocycles. The molecule has 2 amide bonds. The van der Waals surface area contributed by atoms with E-state index in [1.54, 1.807) is 6.07 Å². The zero-order chi connectivity index (χ0) is 25.5. The lowest BCUT2D eigenvalue weighted by atomic mass is 10.1. The van der Waals surface area contributed by atoms with Crippen molar-refractivity contribution in [3.8, 4) is 0 Å². The average molecular weight is 516 g/mol. The molecule has 0 saturated heterocycles. The van der Waals surface area contributed by atoms with E-state index < -0.39 is 0 Å². The molecule has 2 unspecified atom stereocenters. The van der Waals surface area contributed by atoms with Gasteiger partial charge in [0.25, 0.3) is 0 Å². The summed E-state index contributed by atoms with van der Waals surface area (Å²) in [6, 6.07) is 11.4. The molecule has 37 heavy (non-hydrogen) atoms. The van der Waals surface area contributed by atoms with Crippen LogP contribution in [0.5, 0.6) is 0 Å². The maximum absolute atomic E-state index is 12.8. The first kappa shape index (κ1) is 23.4. The summed E-state index contributed by atoms with van der Waals surface area (Å²) in [5.41, 5.74) is 4.50. The second-order valence-electron chi connectivity index (χ2n) is 9.74. The fourth-order valence-electron chi connectivity index (χ4n) is 4.69. The number of carbonyl (C=O) groups is 2. The van der Waals surface area contributed by atoms with Gasteiger partial charge >= 0.3 is 0 Å². The molecule has 0 aliphatic heterocycles. The van der Waals surface area contributed by atoms with Crippen LogP contribution >= 0.6 is 11.6 Å². The Morgan fingerprint density at radius 2 is 1.89 bits per heavy atom. The number of anilines is 3. The van der Waals surface area contributed by atoms with Crippen molar-refractivity contribution in [2.24, 2.45) is 5.92 Å². The van der Waals surface area contributed by atoms with Gasteiger partial charge in [-0.05, 0) is 60.4 Å². The van der Waals surface area contributed by atoms with E-state index in [9.17, 15) is 9.59 Å². The van der Waals surface area contributed by atoms with E-state index in [2.05, 4.69) is 32.1 Å². The number of fused-ring (bicyclic) bond motifs is 1. The fraction of sp³-hybridized carbons (Fsp3) is 0.296. The molecule has 188 valence electrons. The number of carbonyl (C=O) groups excluding carboxylic acids is 2. The van der Waals surface area contributed by atoms with Crippen molar-refractivity contribution in [3.63, 3.8) is 0 Å². The van der Waals surface area contributed by atoms with Gasteiger partial charge in [-0.15, -0.1) is 0 Å². The van der Waals surface area contributed by atoms with Crippen LogP contribution in [-0.2, 0) is 16.1 Å². The van der Waals surface area contributed by atoms with Crippen molar-refractivity contribution < 1.29 is 9.59 Å². The number of nitrogens with one attached hydrogen (secondary N) is 3. The first-order chi connectivity index (χ1) is 17.9. The van der Waals surface area contributed by atoms with Crippen molar-refractivity contribution in [1.82, 2.24) is 19.4 Å². The van der Waals surface area contributed by atoms with Crippen LogP contribution in [0.4, 0.5) is 17.3 Å². The van der Waals surface area contributed by atoms with Gasteiger partial charge in [0.15, 0.2) is 5.65 Å². The Morgan fingerprint density at radius 3 is 2.68 bits per heavy atom. The summed E-state index contributed by atoms with van der Waals surface area (Å²) >= 11 is 6.09. The summed E-state index contributed by atoms with van der Waals surface area (Å²) in [6.07, 6.45) is 8.58. The van der Waals surface area contributed by atoms with Crippen LogP contribution in [0, 0.1) is 5.92 Å². The highest BCUT2D eigenvalue weighted by atomic mass is 35.5. The topological polar surface area (TPSA) is 113 Å². The van der Waals surface area contributed by atoms with Crippen molar-refractivity contribution in [2.45, 2.75) is 44.6 Å². The molecule has 3 N–H and O–H groups in total. The van der Waals surface area contributed by atoms with E-state index >= 15 is 0 Å². The maximum Gasteiger partial charge on any atom is 0.229 e. The zero-order valence-corrected chi connectivity index (χ0v) is 21.0. The molecule has 2 aliphatic rings. The van der Waals surface area contributed by atoms with Crippen LogP contribution in [-0.4, -0.2) is 31.2 Å². The number of halogens is 1. The fourth-order valence-corrected chi connectivity index (χ4v) is 4.89. The second kappa shape index (κ2) is 9.48. The summed E-state index contributed by atoms with van der Waals surface area (Å²) in [7, 11) is 0. The molecule has 4 aromatic rings. The van der Waals surface area contributed by atoms with Crippen LogP contribution in [0.25, 0.3) is 5.65 Å². The number of amides is 2. The van der Waals surface area contributed by atoms with Gasteiger partial charge in [-0.1, -0.05) is 23.7 Å². The normalized spacial score (nSPS) is 18.4. The van der Waals surface area contributed by atoms with E-state index in [-0.39, 0.29) is 23.7 Å². The minimum atomic E-state index is -0.127. The number of benzene rings is 1. The Bertz CT molecular complexity index is 1510. The Morgan fingerprint density at radius 1 is 1.05 bits per heavy atom. The SMILES string of the molecule is CC(=O)Nc1cc(C2CC2)cn2cc(CNc3cc(NC(=O)C4CC4c4cccc(Cl)c4)ncn3)nc12. The third kappa shape index (κ3) is 5.27. The third-order valence-electron chi connectivity index (χ3n) is 6.75. The first-order valence-corrected chi connectivity index (χ1v) is 12.7. The van der Waals surface area contributed by atoms with Gasteiger partial charge in [0, 0.05) is 36.3 Å². The highest BCUT2D eigenvalue weighted by Gasteiger charge is 2.44. The molecular formula is C27H26ClN7O2. The molecule has 2 aliphatic carbocycles. The molecule has 2 atom stereocenters. The number of aromatic nitrogens is 4.